The first-order chi connectivity index (χ1) is 14.3. The summed E-state index contributed by atoms with van der Waals surface area (Å²) in [6, 6.07) is 9.29. The number of hydrogen-bond donors (Lipinski definition) is 1. The van der Waals surface area contributed by atoms with E-state index in [9.17, 15) is 17.6 Å². The van der Waals surface area contributed by atoms with E-state index in [4.69, 9.17) is 9.47 Å². The van der Waals surface area contributed by atoms with Crippen molar-refractivity contribution in [1.82, 2.24) is 4.31 Å². The summed E-state index contributed by atoms with van der Waals surface area (Å²) in [4.78, 5) is 12.7. The van der Waals surface area contributed by atoms with Crippen LogP contribution in [0.1, 0.15) is 25.7 Å². The van der Waals surface area contributed by atoms with Gasteiger partial charge in [-0.1, -0.05) is 6.42 Å². The molecule has 0 spiro atoms. The zero-order valence-electron chi connectivity index (χ0n) is 16.9. The van der Waals surface area contributed by atoms with Gasteiger partial charge < -0.3 is 14.8 Å². The summed E-state index contributed by atoms with van der Waals surface area (Å²) in [5.74, 6) is 0.220. The summed E-state index contributed by atoms with van der Waals surface area (Å²) >= 11 is 0. The molecule has 0 saturated carbocycles. The van der Waals surface area contributed by atoms with Gasteiger partial charge in [-0.15, -0.1) is 0 Å². The van der Waals surface area contributed by atoms with Crippen molar-refractivity contribution in [2.75, 3.05) is 26.1 Å². The number of benzene rings is 2. The standard InChI is InChI=1S/C21H25FN2O5S/c1-28-17-8-11-19(20(14-17)29-2)23-21(25)13-16-5-3-4-12-24(16)30(26,27)18-9-6-15(22)7-10-18/h6-11,14,16H,3-5,12-13H2,1-2H3,(H,23,25). The molecule has 30 heavy (non-hydrogen) atoms. The first-order valence-corrected chi connectivity index (χ1v) is 11.1. The van der Waals surface area contributed by atoms with E-state index in [0.717, 1.165) is 18.6 Å². The molecule has 2 aromatic rings. The molecule has 0 aromatic heterocycles. The Kier molecular flexibility index (Phi) is 6.94. The summed E-state index contributed by atoms with van der Waals surface area (Å²) in [6.45, 7) is 0.323. The molecule has 1 amide bonds. The van der Waals surface area contributed by atoms with E-state index in [1.54, 1.807) is 18.2 Å². The number of rotatable bonds is 7. The van der Waals surface area contributed by atoms with E-state index in [1.807, 2.05) is 0 Å². The highest BCUT2D eigenvalue weighted by atomic mass is 32.2. The average molecular weight is 437 g/mol. The number of carbonyl (C=O) groups excluding carboxylic acids is 1. The third-order valence-electron chi connectivity index (χ3n) is 5.10. The minimum absolute atomic E-state index is 0.00953. The maximum atomic E-state index is 13.2. The number of nitrogens with zero attached hydrogens (tertiary/aromatic N) is 1. The molecule has 1 saturated heterocycles. The molecular weight excluding hydrogens is 411 g/mol. The molecule has 1 aliphatic rings. The molecule has 1 fully saturated rings. The molecule has 0 bridgehead atoms. The Bertz CT molecular complexity index is 995. The quantitative estimate of drug-likeness (QED) is 0.719. The van der Waals surface area contributed by atoms with Crippen LogP contribution < -0.4 is 14.8 Å². The van der Waals surface area contributed by atoms with Crippen molar-refractivity contribution >= 4 is 21.6 Å². The number of carbonyl (C=O) groups is 1. The molecule has 162 valence electrons. The Balaban J connectivity index is 1.75. The highest BCUT2D eigenvalue weighted by Crippen LogP contribution is 2.31. The smallest absolute Gasteiger partial charge is 0.243 e. The topological polar surface area (TPSA) is 84.9 Å². The first-order valence-electron chi connectivity index (χ1n) is 9.64. The molecule has 1 unspecified atom stereocenters. The van der Waals surface area contributed by atoms with Gasteiger partial charge in [0, 0.05) is 25.1 Å². The van der Waals surface area contributed by atoms with Crippen LogP contribution >= 0.6 is 0 Å². The van der Waals surface area contributed by atoms with E-state index < -0.39 is 21.9 Å². The van der Waals surface area contributed by atoms with Gasteiger partial charge in [0.05, 0.1) is 24.8 Å². The Morgan fingerprint density at radius 1 is 1.13 bits per heavy atom. The SMILES string of the molecule is COc1ccc(NC(=O)CC2CCCCN2S(=O)(=O)c2ccc(F)cc2)c(OC)c1. The van der Waals surface area contributed by atoms with Gasteiger partial charge in [-0.3, -0.25) is 4.79 Å². The van der Waals surface area contributed by atoms with Crippen LogP contribution in [0, 0.1) is 5.82 Å². The third kappa shape index (κ3) is 4.91. The summed E-state index contributed by atoms with van der Waals surface area (Å²) < 4.78 is 51.1. The fourth-order valence-corrected chi connectivity index (χ4v) is 5.25. The van der Waals surface area contributed by atoms with E-state index in [2.05, 4.69) is 5.32 Å². The van der Waals surface area contributed by atoms with Crippen molar-refractivity contribution in [2.24, 2.45) is 0 Å². The highest BCUT2D eigenvalue weighted by molar-refractivity contribution is 7.89. The molecule has 7 nitrogen and oxygen atoms in total. The molecular formula is C21H25FN2O5S. The second kappa shape index (κ2) is 9.44. The van der Waals surface area contributed by atoms with Crippen molar-refractivity contribution in [3.05, 3.63) is 48.3 Å². The average Bonchev–Trinajstić information content (AvgIpc) is 2.74. The van der Waals surface area contributed by atoms with Gasteiger partial charge in [0.15, 0.2) is 0 Å². The lowest BCUT2D eigenvalue weighted by atomic mass is 10.0. The molecule has 1 heterocycles. The van der Waals surface area contributed by atoms with Crippen molar-refractivity contribution in [3.63, 3.8) is 0 Å². The van der Waals surface area contributed by atoms with Gasteiger partial charge in [-0.05, 0) is 49.2 Å². The number of anilines is 1. The lowest BCUT2D eigenvalue weighted by Crippen LogP contribution is -2.45. The van der Waals surface area contributed by atoms with Crippen LogP contribution in [0.25, 0.3) is 0 Å². The van der Waals surface area contributed by atoms with Crippen molar-refractivity contribution in [1.29, 1.82) is 0 Å². The number of ether oxygens (including phenoxy) is 2. The van der Waals surface area contributed by atoms with Gasteiger partial charge in [0.25, 0.3) is 0 Å². The highest BCUT2D eigenvalue weighted by Gasteiger charge is 2.34. The van der Waals surface area contributed by atoms with Crippen LogP contribution in [-0.2, 0) is 14.8 Å². The van der Waals surface area contributed by atoms with Gasteiger partial charge in [0.2, 0.25) is 15.9 Å². The molecule has 1 atom stereocenters. The summed E-state index contributed by atoms with van der Waals surface area (Å²) in [5, 5.41) is 2.79. The second-order valence-corrected chi connectivity index (χ2v) is 8.93. The molecule has 9 heteroatoms. The first kappa shape index (κ1) is 22.0. The van der Waals surface area contributed by atoms with Gasteiger partial charge >= 0.3 is 0 Å². The van der Waals surface area contributed by atoms with E-state index >= 15 is 0 Å². The van der Waals surface area contributed by atoms with Gasteiger partial charge in [-0.2, -0.15) is 4.31 Å². The van der Waals surface area contributed by atoms with Gasteiger partial charge in [0.1, 0.15) is 17.3 Å². The van der Waals surface area contributed by atoms with Crippen molar-refractivity contribution < 1.29 is 27.1 Å². The normalized spacial score (nSPS) is 17.4. The number of piperidine rings is 1. The Morgan fingerprint density at radius 2 is 1.87 bits per heavy atom. The lowest BCUT2D eigenvalue weighted by Gasteiger charge is -2.34. The summed E-state index contributed by atoms with van der Waals surface area (Å²) in [5.41, 5.74) is 0.479. The van der Waals surface area contributed by atoms with Crippen LogP contribution in [0.2, 0.25) is 0 Å². The Hall–Kier alpha value is -2.65. The fraction of sp³-hybridized carbons (Fsp3) is 0.381. The van der Waals surface area contributed by atoms with E-state index in [1.165, 1.54) is 30.7 Å². The number of nitrogens with one attached hydrogen (secondary N) is 1. The zero-order valence-corrected chi connectivity index (χ0v) is 17.7. The molecule has 2 aromatic carbocycles. The monoisotopic (exact) mass is 436 g/mol. The van der Waals surface area contributed by atoms with E-state index in [-0.39, 0.29) is 17.2 Å². The predicted octanol–water partition coefficient (Wildman–Crippen LogP) is 3.41. The van der Waals surface area contributed by atoms with Crippen LogP contribution in [-0.4, -0.2) is 45.4 Å². The van der Waals surface area contributed by atoms with Crippen molar-refractivity contribution in [2.45, 2.75) is 36.6 Å². The minimum atomic E-state index is -3.82. The predicted molar refractivity (Wildman–Crippen MR) is 111 cm³/mol. The molecule has 1 N–H and O–H groups in total. The van der Waals surface area contributed by atoms with Crippen molar-refractivity contribution in [3.8, 4) is 11.5 Å². The number of hydrogen-bond acceptors (Lipinski definition) is 5. The number of halogens is 1. The number of methoxy groups -OCH3 is 2. The van der Waals surface area contributed by atoms with Crippen LogP contribution in [0.15, 0.2) is 47.4 Å². The maximum Gasteiger partial charge on any atom is 0.243 e. The van der Waals surface area contributed by atoms with Gasteiger partial charge in [-0.25, -0.2) is 12.8 Å². The summed E-state index contributed by atoms with van der Waals surface area (Å²) in [7, 11) is -0.800. The van der Waals surface area contributed by atoms with Crippen LogP contribution in [0.5, 0.6) is 11.5 Å². The second-order valence-electron chi connectivity index (χ2n) is 7.04. The fourth-order valence-electron chi connectivity index (χ4n) is 3.55. The zero-order chi connectivity index (χ0) is 21.7. The van der Waals surface area contributed by atoms with E-state index in [0.29, 0.717) is 36.6 Å². The third-order valence-corrected chi connectivity index (χ3v) is 7.06. The number of sulfonamides is 1. The molecule has 0 radical (unpaired) electrons. The molecule has 0 aliphatic carbocycles. The molecule has 1 aliphatic heterocycles. The summed E-state index contributed by atoms with van der Waals surface area (Å²) in [6.07, 6.45) is 2.13. The minimum Gasteiger partial charge on any atom is -0.497 e. The Morgan fingerprint density at radius 3 is 2.53 bits per heavy atom. The Labute approximate surface area is 175 Å². The number of amides is 1. The lowest BCUT2D eigenvalue weighted by molar-refractivity contribution is -0.117. The van der Waals surface area contributed by atoms with Crippen LogP contribution in [0.3, 0.4) is 0 Å². The largest absolute Gasteiger partial charge is 0.497 e. The van der Waals surface area contributed by atoms with Crippen LogP contribution in [0.4, 0.5) is 10.1 Å². The maximum absolute atomic E-state index is 13.2. The molecule has 3 rings (SSSR count).